The summed E-state index contributed by atoms with van der Waals surface area (Å²) in [7, 11) is -2.65. The summed E-state index contributed by atoms with van der Waals surface area (Å²) in [6.45, 7) is 8.99. The van der Waals surface area contributed by atoms with Crippen molar-refractivity contribution in [2.45, 2.75) is 57.7 Å². The maximum absolute atomic E-state index is 13.1. The molecule has 2 amide bonds. The third-order valence-corrected chi connectivity index (χ3v) is 12.0. The molecule has 1 aliphatic heterocycles. The van der Waals surface area contributed by atoms with Crippen LogP contribution in [0.4, 0.5) is 4.79 Å². The maximum Gasteiger partial charge on any atom is 0.417 e. The Kier molecular flexibility index (Phi) is 7.76. The molecule has 1 fully saturated rings. The van der Waals surface area contributed by atoms with Gasteiger partial charge in [0.25, 0.3) is 8.32 Å². The van der Waals surface area contributed by atoms with Gasteiger partial charge < -0.3 is 9.16 Å². The number of benzene rings is 3. The number of cyclic esters (lactones) is 1. The molecule has 1 saturated heterocycles. The van der Waals surface area contributed by atoms with Gasteiger partial charge in [-0.3, -0.25) is 4.79 Å². The van der Waals surface area contributed by atoms with E-state index in [0.29, 0.717) is 13.0 Å². The number of hydrogen-bond donors (Lipinski definition) is 0. The third kappa shape index (κ3) is 5.01. The van der Waals surface area contributed by atoms with Crippen molar-refractivity contribution in [2.75, 3.05) is 6.61 Å². The first-order valence-electron chi connectivity index (χ1n) is 12.6. The molecule has 0 unspecified atom stereocenters. The van der Waals surface area contributed by atoms with Crippen LogP contribution in [0, 0.1) is 0 Å². The summed E-state index contributed by atoms with van der Waals surface area (Å²) >= 11 is 0. The molecule has 2 atom stereocenters. The van der Waals surface area contributed by atoms with E-state index in [-0.39, 0.29) is 23.4 Å². The van der Waals surface area contributed by atoms with Gasteiger partial charge in [-0.2, -0.15) is 0 Å². The summed E-state index contributed by atoms with van der Waals surface area (Å²) in [5, 5.41) is 2.28. The lowest BCUT2D eigenvalue weighted by molar-refractivity contribution is -0.129. The van der Waals surface area contributed by atoms with Crippen molar-refractivity contribution in [1.82, 2.24) is 4.90 Å². The Morgan fingerprint density at radius 2 is 1.39 bits per heavy atom. The lowest BCUT2D eigenvalue weighted by atomic mass is 10.0. The minimum absolute atomic E-state index is 0.129. The van der Waals surface area contributed by atoms with Gasteiger partial charge in [0.1, 0.15) is 6.10 Å². The maximum atomic E-state index is 13.1. The van der Waals surface area contributed by atoms with Crippen LogP contribution >= 0.6 is 0 Å². The van der Waals surface area contributed by atoms with E-state index in [1.54, 1.807) is 0 Å². The molecule has 3 aromatic rings. The highest BCUT2D eigenvalue weighted by Crippen LogP contribution is 2.37. The molecule has 6 heteroatoms. The van der Waals surface area contributed by atoms with Crippen LogP contribution in [0.15, 0.2) is 91.0 Å². The Hall–Kier alpha value is -3.22. The molecule has 1 aliphatic rings. The minimum Gasteiger partial charge on any atom is -0.439 e. The fourth-order valence-electron chi connectivity index (χ4n) is 5.21. The fraction of sp³-hybridized carbons (Fsp3) is 0.333. The molecular weight excluding hydrogens is 466 g/mol. The van der Waals surface area contributed by atoms with Crippen LogP contribution in [0.25, 0.3) is 0 Å². The van der Waals surface area contributed by atoms with E-state index in [2.05, 4.69) is 69.3 Å². The van der Waals surface area contributed by atoms with Gasteiger partial charge in [-0.05, 0) is 34.3 Å². The van der Waals surface area contributed by atoms with Crippen molar-refractivity contribution >= 4 is 30.7 Å². The molecule has 36 heavy (non-hydrogen) atoms. The van der Waals surface area contributed by atoms with Crippen LogP contribution in [0.3, 0.4) is 0 Å². The molecule has 3 aromatic carbocycles. The van der Waals surface area contributed by atoms with Gasteiger partial charge in [0, 0.05) is 13.0 Å². The number of amides is 2. The lowest BCUT2D eigenvalue weighted by Gasteiger charge is -2.43. The topological polar surface area (TPSA) is 55.8 Å². The van der Waals surface area contributed by atoms with Crippen molar-refractivity contribution in [3.63, 3.8) is 0 Å². The average molecular weight is 502 g/mol. The fourth-order valence-corrected chi connectivity index (χ4v) is 9.82. The largest absolute Gasteiger partial charge is 0.439 e. The number of carbonyl (C=O) groups is 2. The highest BCUT2D eigenvalue weighted by atomic mass is 28.4. The van der Waals surface area contributed by atoms with Crippen LogP contribution in [0.2, 0.25) is 5.04 Å². The van der Waals surface area contributed by atoms with E-state index in [0.717, 1.165) is 5.56 Å². The standard InChI is InChI=1S/C30H35NO4Si/c1-23-28(24-15-8-5-9-16-24)35-29(33)31(23)27(32)21-14-22-34-36(30(2,3)4,25-17-10-6-11-18-25)26-19-12-7-13-20-26/h5-13,15-20,23,28H,14,21-22H2,1-4H3/t23-,28-/m0/s1. The molecule has 0 aromatic heterocycles. The zero-order valence-corrected chi connectivity index (χ0v) is 22.5. The number of ether oxygens (including phenoxy) is 1. The van der Waals surface area contributed by atoms with Gasteiger partial charge >= 0.3 is 6.09 Å². The number of rotatable bonds is 8. The van der Waals surface area contributed by atoms with Gasteiger partial charge in [-0.25, -0.2) is 9.69 Å². The van der Waals surface area contributed by atoms with Crippen LogP contribution in [0.5, 0.6) is 0 Å². The number of hydrogen-bond acceptors (Lipinski definition) is 4. The van der Waals surface area contributed by atoms with E-state index in [9.17, 15) is 9.59 Å². The third-order valence-electron chi connectivity index (χ3n) is 6.94. The van der Waals surface area contributed by atoms with Crippen LogP contribution in [0.1, 0.15) is 52.2 Å². The second-order valence-electron chi connectivity index (χ2n) is 10.3. The zero-order valence-electron chi connectivity index (χ0n) is 21.5. The summed E-state index contributed by atoms with van der Waals surface area (Å²) in [5.74, 6) is -0.225. The first-order valence-corrected chi connectivity index (χ1v) is 14.5. The number of carbonyl (C=O) groups excluding carboxylic acids is 2. The van der Waals surface area contributed by atoms with E-state index in [1.165, 1.54) is 15.3 Å². The van der Waals surface area contributed by atoms with Crippen molar-refractivity contribution in [3.05, 3.63) is 96.6 Å². The second-order valence-corrected chi connectivity index (χ2v) is 14.6. The van der Waals surface area contributed by atoms with Crippen molar-refractivity contribution in [2.24, 2.45) is 0 Å². The lowest BCUT2D eigenvalue weighted by Crippen LogP contribution is -2.66. The van der Waals surface area contributed by atoms with Crippen LogP contribution < -0.4 is 10.4 Å². The Bertz CT molecular complexity index is 1120. The molecule has 188 valence electrons. The molecule has 0 aliphatic carbocycles. The second kappa shape index (κ2) is 10.8. The highest BCUT2D eigenvalue weighted by molar-refractivity contribution is 6.99. The van der Waals surface area contributed by atoms with Gasteiger partial charge in [0.05, 0.1) is 6.04 Å². The van der Waals surface area contributed by atoms with Crippen molar-refractivity contribution < 1.29 is 18.8 Å². The van der Waals surface area contributed by atoms with Crippen LogP contribution in [-0.4, -0.2) is 37.9 Å². The quantitative estimate of drug-likeness (QED) is 0.304. The Morgan fingerprint density at radius 1 is 0.889 bits per heavy atom. The van der Waals surface area contributed by atoms with Crippen molar-refractivity contribution in [1.29, 1.82) is 0 Å². The predicted molar refractivity (Wildman–Crippen MR) is 145 cm³/mol. The summed E-state index contributed by atoms with van der Waals surface area (Å²) < 4.78 is 12.4. The molecule has 0 N–H and O–H groups in total. The first-order chi connectivity index (χ1) is 17.3. The number of nitrogens with zero attached hydrogens (tertiary/aromatic N) is 1. The molecule has 1 heterocycles. The normalized spacial score (nSPS) is 18.2. The van der Waals surface area contributed by atoms with Crippen molar-refractivity contribution in [3.8, 4) is 0 Å². The molecule has 5 nitrogen and oxygen atoms in total. The predicted octanol–water partition coefficient (Wildman–Crippen LogP) is 5.45. The summed E-state index contributed by atoms with van der Waals surface area (Å²) in [6.07, 6.45) is -0.278. The van der Waals surface area contributed by atoms with Gasteiger partial charge in [-0.15, -0.1) is 0 Å². The molecular formula is C30H35NO4Si. The first kappa shape index (κ1) is 25.9. The van der Waals surface area contributed by atoms with E-state index in [1.807, 2.05) is 49.4 Å². The molecule has 0 spiro atoms. The van der Waals surface area contributed by atoms with Gasteiger partial charge in [-0.1, -0.05) is 112 Å². The van der Waals surface area contributed by atoms with E-state index >= 15 is 0 Å². The minimum atomic E-state index is -2.65. The number of imide groups is 1. The molecule has 0 saturated carbocycles. The summed E-state index contributed by atoms with van der Waals surface area (Å²) in [5.41, 5.74) is 0.892. The van der Waals surface area contributed by atoms with Gasteiger partial charge in [0.15, 0.2) is 0 Å². The molecule has 0 radical (unpaired) electrons. The average Bonchev–Trinajstić information content (AvgIpc) is 3.18. The molecule has 0 bridgehead atoms. The monoisotopic (exact) mass is 501 g/mol. The highest BCUT2D eigenvalue weighted by Gasteiger charge is 2.50. The zero-order chi connectivity index (χ0) is 25.8. The summed E-state index contributed by atoms with van der Waals surface area (Å²) in [4.78, 5) is 26.9. The SMILES string of the molecule is C[C@H]1[C@@H](c2ccccc2)OC(=O)N1C(=O)CCCO[Si](c1ccccc1)(c1ccccc1)C(C)(C)C. The van der Waals surface area contributed by atoms with Crippen LogP contribution in [-0.2, 0) is 14.0 Å². The Morgan fingerprint density at radius 3 is 1.89 bits per heavy atom. The summed E-state index contributed by atoms with van der Waals surface area (Å²) in [6, 6.07) is 30.1. The van der Waals surface area contributed by atoms with E-state index < -0.39 is 20.5 Å². The Labute approximate surface area is 215 Å². The smallest absolute Gasteiger partial charge is 0.417 e. The molecule has 4 rings (SSSR count). The Balaban J connectivity index is 1.47. The van der Waals surface area contributed by atoms with E-state index in [4.69, 9.17) is 9.16 Å². The van der Waals surface area contributed by atoms with Gasteiger partial charge in [0.2, 0.25) is 5.91 Å².